The second-order valence-electron chi connectivity index (χ2n) is 5.73. The van der Waals surface area contributed by atoms with Crippen molar-refractivity contribution in [2.75, 3.05) is 18.5 Å². The molecular weight excluding hydrogens is 282 g/mol. The molecule has 4 atom stereocenters. The first kappa shape index (κ1) is 12.0. The van der Waals surface area contributed by atoms with Crippen molar-refractivity contribution in [3.8, 4) is 0 Å². The van der Waals surface area contributed by atoms with Crippen molar-refractivity contribution >= 4 is 21.8 Å². The third kappa shape index (κ3) is 2.03. The van der Waals surface area contributed by atoms with Gasteiger partial charge < -0.3 is 9.64 Å². The van der Waals surface area contributed by atoms with E-state index in [1.165, 1.54) is 19.3 Å². The number of amides is 1. The maximum absolute atomic E-state index is 12.5. The third-order valence-corrected chi connectivity index (χ3v) is 5.37. The second-order valence-corrected chi connectivity index (χ2v) is 6.38. The van der Waals surface area contributed by atoms with Crippen molar-refractivity contribution in [1.29, 1.82) is 0 Å². The number of ether oxygens (including phenoxy) is 1. The van der Waals surface area contributed by atoms with E-state index in [0.29, 0.717) is 18.4 Å². The Hall–Kier alpha value is -0.0900. The molecule has 0 spiro atoms. The van der Waals surface area contributed by atoms with E-state index in [-0.39, 0.29) is 12.1 Å². The topological polar surface area (TPSA) is 29.5 Å². The maximum atomic E-state index is 12.5. The van der Waals surface area contributed by atoms with Crippen LogP contribution < -0.4 is 0 Å². The second kappa shape index (κ2) is 4.54. The fourth-order valence-corrected chi connectivity index (χ4v) is 3.99. The van der Waals surface area contributed by atoms with E-state index in [4.69, 9.17) is 4.74 Å². The summed E-state index contributed by atoms with van der Waals surface area (Å²) in [5, 5.41) is 0.820. The fraction of sp³-hybridized carbons (Fsp3) is 0.923. The fourth-order valence-electron chi connectivity index (χ4n) is 3.60. The van der Waals surface area contributed by atoms with Gasteiger partial charge in [0.2, 0.25) is 5.91 Å². The Bertz CT molecular complexity index is 313. The summed E-state index contributed by atoms with van der Waals surface area (Å²) in [4.78, 5) is 14.6. The van der Waals surface area contributed by atoms with Crippen molar-refractivity contribution < 1.29 is 9.53 Å². The van der Waals surface area contributed by atoms with Crippen LogP contribution in [-0.4, -0.2) is 41.4 Å². The molecule has 0 bridgehead atoms. The highest BCUT2D eigenvalue weighted by atomic mass is 79.9. The molecule has 0 N–H and O–H groups in total. The zero-order chi connectivity index (χ0) is 12.0. The highest BCUT2D eigenvalue weighted by Crippen LogP contribution is 2.58. The normalized spacial score (nSPS) is 44.6. The zero-order valence-corrected chi connectivity index (χ0v) is 11.9. The van der Waals surface area contributed by atoms with E-state index in [0.717, 1.165) is 23.7 Å². The van der Waals surface area contributed by atoms with E-state index >= 15 is 0 Å². The smallest absolute Gasteiger partial charge is 0.226 e. The molecule has 4 unspecified atom stereocenters. The van der Waals surface area contributed by atoms with Crippen molar-refractivity contribution in [3.63, 3.8) is 0 Å². The monoisotopic (exact) mass is 301 g/mol. The zero-order valence-electron chi connectivity index (χ0n) is 10.3. The van der Waals surface area contributed by atoms with Gasteiger partial charge in [0.05, 0.1) is 18.8 Å². The Morgan fingerprint density at radius 2 is 2.12 bits per heavy atom. The Morgan fingerprint density at radius 1 is 1.41 bits per heavy atom. The van der Waals surface area contributed by atoms with Gasteiger partial charge >= 0.3 is 0 Å². The Balaban J connectivity index is 1.64. The van der Waals surface area contributed by atoms with Gasteiger partial charge in [-0.15, -0.1) is 0 Å². The molecule has 96 valence electrons. The summed E-state index contributed by atoms with van der Waals surface area (Å²) in [7, 11) is 0. The van der Waals surface area contributed by atoms with Crippen LogP contribution in [0.5, 0.6) is 0 Å². The number of hydrogen-bond donors (Lipinski definition) is 0. The van der Waals surface area contributed by atoms with E-state index in [1.807, 2.05) is 0 Å². The molecule has 0 aromatic heterocycles. The standard InChI is InChI=1S/C13H20BrNO2/c1-8-7-17-9(5-14)6-15(8)13(16)12-10-3-2-4-11(10)12/h8-12H,2-7H2,1H3. The number of fused-ring (bicyclic) bond motifs is 1. The third-order valence-electron chi connectivity index (χ3n) is 4.65. The van der Waals surface area contributed by atoms with Crippen LogP contribution in [0.1, 0.15) is 26.2 Å². The average Bonchev–Trinajstić information content (AvgIpc) is 2.82. The number of carbonyl (C=O) groups excluding carboxylic acids is 1. The van der Waals surface area contributed by atoms with Crippen molar-refractivity contribution in [3.05, 3.63) is 0 Å². The van der Waals surface area contributed by atoms with Crippen molar-refractivity contribution in [1.82, 2.24) is 4.90 Å². The largest absolute Gasteiger partial charge is 0.373 e. The van der Waals surface area contributed by atoms with E-state index in [2.05, 4.69) is 27.8 Å². The van der Waals surface area contributed by atoms with Gasteiger partial charge in [0.15, 0.2) is 0 Å². The molecular formula is C13H20BrNO2. The van der Waals surface area contributed by atoms with Gasteiger partial charge in [-0.25, -0.2) is 0 Å². The number of nitrogens with zero attached hydrogens (tertiary/aromatic N) is 1. The summed E-state index contributed by atoms with van der Waals surface area (Å²) < 4.78 is 5.67. The van der Waals surface area contributed by atoms with Crippen LogP contribution in [0.25, 0.3) is 0 Å². The number of hydrogen-bond acceptors (Lipinski definition) is 2. The molecule has 1 amide bonds. The summed E-state index contributed by atoms with van der Waals surface area (Å²) in [5.74, 6) is 2.21. The molecule has 2 aliphatic carbocycles. The van der Waals surface area contributed by atoms with Crippen molar-refractivity contribution in [2.45, 2.75) is 38.3 Å². The van der Waals surface area contributed by atoms with Crippen LogP contribution in [0.15, 0.2) is 0 Å². The van der Waals surface area contributed by atoms with E-state index < -0.39 is 0 Å². The number of morpholine rings is 1. The molecule has 1 saturated heterocycles. The lowest BCUT2D eigenvalue weighted by atomic mass is 10.1. The Kier molecular flexibility index (Phi) is 3.20. The quantitative estimate of drug-likeness (QED) is 0.731. The molecule has 4 heteroatoms. The molecule has 17 heavy (non-hydrogen) atoms. The molecule has 3 aliphatic rings. The molecule has 0 aromatic carbocycles. The van der Waals surface area contributed by atoms with Gasteiger partial charge in [0.1, 0.15) is 0 Å². The number of carbonyl (C=O) groups is 1. The summed E-state index contributed by atoms with van der Waals surface area (Å²) in [6.45, 7) is 3.55. The highest BCUT2D eigenvalue weighted by molar-refractivity contribution is 9.09. The molecule has 1 aliphatic heterocycles. The molecule has 3 rings (SSSR count). The van der Waals surface area contributed by atoms with Crippen molar-refractivity contribution in [2.24, 2.45) is 17.8 Å². The van der Waals surface area contributed by atoms with Crippen LogP contribution in [-0.2, 0) is 9.53 Å². The van der Waals surface area contributed by atoms with Crippen LogP contribution in [0, 0.1) is 17.8 Å². The molecule has 2 saturated carbocycles. The van der Waals surface area contributed by atoms with E-state index in [9.17, 15) is 4.79 Å². The van der Waals surface area contributed by atoms with Crippen LogP contribution in [0.4, 0.5) is 0 Å². The van der Waals surface area contributed by atoms with Gasteiger partial charge in [0, 0.05) is 17.8 Å². The molecule has 3 nitrogen and oxygen atoms in total. The van der Waals surface area contributed by atoms with E-state index in [1.54, 1.807) is 0 Å². The first-order chi connectivity index (χ1) is 8.22. The minimum atomic E-state index is 0.175. The maximum Gasteiger partial charge on any atom is 0.226 e. The molecule has 1 heterocycles. The van der Waals surface area contributed by atoms with Gasteiger partial charge in [-0.3, -0.25) is 4.79 Å². The predicted molar refractivity (Wildman–Crippen MR) is 69.0 cm³/mol. The summed E-state index contributed by atoms with van der Waals surface area (Å²) in [5.41, 5.74) is 0. The molecule has 0 aromatic rings. The Labute approximate surface area is 111 Å². The summed E-state index contributed by atoms with van der Waals surface area (Å²) in [6, 6.07) is 0.249. The Morgan fingerprint density at radius 3 is 2.76 bits per heavy atom. The summed E-state index contributed by atoms with van der Waals surface area (Å²) in [6.07, 6.45) is 4.07. The number of rotatable bonds is 2. The van der Waals surface area contributed by atoms with Gasteiger partial charge in [-0.05, 0) is 31.6 Å². The minimum Gasteiger partial charge on any atom is -0.373 e. The first-order valence-electron chi connectivity index (χ1n) is 6.70. The van der Waals surface area contributed by atoms with Crippen LogP contribution >= 0.6 is 15.9 Å². The van der Waals surface area contributed by atoms with Gasteiger partial charge in [-0.1, -0.05) is 22.4 Å². The van der Waals surface area contributed by atoms with Crippen LogP contribution in [0.3, 0.4) is 0 Å². The molecule has 0 radical (unpaired) electrons. The summed E-state index contributed by atoms with van der Waals surface area (Å²) >= 11 is 3.45. The van der Waals surface area contributed by atoms with Crippen LogP contribution in [0.2, 0.25) is 0 Å². The van der Waals surface area contributed by atoms with Gasteiger partial charge in [-0.2, -0.15) is 0 Å². The molecule has 3 fully saturated rings. The first-order valence-corrected chi connectivity index (χ1v) is 7.82. The minimum absolute atomic E-state index is 0.175. The predicted octanol–water partition coefficient (Wildman–Crippen LogP) is 2.04. The number of halogens is 1. The lowest BCUT2D eigenvalue weighted by Gasteiger charge is -2.38. The lowest BCUT2D eigenvalue weighted by Crippen LogP contribution is -2.52. The van der Waals surface area contributed by atoms with Gasteiger partial charge in [0.25, 0.3) is 0 Å². The number of alkyl halides is 1. The lowest BCUT2D eigenvalue weighted by molar-refractivity contribution is -0.145. The highest BCUT2D eigenvalue weighted by Gasteiger charge is 2.58. The average molecular weight is 302 g/mol. The SMILES string of the molecule is CC1COC(CBr)CN1C(=O)C1C2CCCC21.